The van der Waals surface area contributed by atoms with Crippen LogP contribution >= 0.6 is 0 Å². The van der Waals surface area contributed by atoms with E-state index in [-0.39, 0.29) is 37.0 Å². The van der Waals surface area contributed by atoms with Gasteiger partial charge in [0.15, 0.2) is 5.78 Å². The first-order chi connectivity index (χ1) is 14.8. The molecule has 2 rings (SSSR count). The summed E-state index contributed by atoms with van der Waals surface area (Å²) in [4.78, 5) is 48.8. The van der Waals surface area contributed by atoms with Gasteiger partial charge < -0.3 is 21.4 Å². The molecule has 1 aromatic rings. The van der Waals surface area contributed by atoms with Crippen LogP contribution in [0, 0.1) is 17.1 Å². The summed E-state index contributed by atoms with van der Waals surface area (Å²) in [6.45, 7) is 1.46. The molecule has 3 amide bonds. The number of hydrogen-bond donors (Lipinski definition) is 4. The van der Waals surface area contributed by atoms with Gasteiger partial charge >= 0.3 is 0 Å². The molecule has 0 aliphatic heterocycles. The Morgan fingerprint density at radius 3 is 2.32 bits per heavy atom. The van der Waals surface area contributed by atoms with Gasteiger partial charge in [0.05, 0.1) is 6.21 Å². The molecular formula is C22H29FN4O4. The van der Waals surface area contributed by atoms with Gasteiger partial charge in [0, 0.05) is 19.9 Å². The number of ketones is 1. The molecule has 0 saturated heterocycles. The van der Waals surface area contributed by atoms with Crippen molar-refractivity contribution in [2.75, 3.05) is 0 Å². The summed E-state index contributed by atoms with van der Waals surface area (Å²) in [5.74, 6) is -2.14. The SMILES string of the molecule is CC(=O)N[C@H](C(=O)N[C@@H](CCC(=O)C=N)C(=O)NCc1ccc(F)cc1)C1CCCC1. The number of carbonyl (C=O) groups is 4. The number of hydrogen-bond acceptors (Lipinski definition) is 5. The fourth-order valence-corrected chi connectivity index (χ4v) is 3.71. The maximum atomic E-state index is 13.0. The van der Waals surface area contributed by atoms with Gasteiger partial charge in [-0.2, -0.15) is 0 Å². The molecule has 1 aromatic carbocycles. The van der Waals surface area contributed by atoms with Crippen LogP contribution in [0.4, 0.5) is 4.39 Å². The third-order valence-electron chi connectivity index (χ3n) is 5.37. The molecule has 9 heteroatoms. The molecule has 8 nitrogen and oxygen atoms in total. The highest BCUT2D eigenvalue weighted by atomic mass is 19.1. The van der Waals surface area contributed by atoms with Crippen molar-refractivity contribution >= 4 is 29.7 Å². The number of rotatable bonds is 11. The number of Topliss-reactive ketones (excluding diaryl/α,β-unsaturated/α-hetero) is 1. The summed E-state index contributed by atoms with van der Waals surface area (Å²) in [7, 11) is 0. The van der Waals surface area contributed by atoms with E-state index in [1.54, 1.807) is 0 Å². The van der Waals surface area contributed by atoms with E-state index in [1.165, 1.54) is 31.2 Å². The van der Waals surface area contributed by atoms with Gasteiger partial charge in [-0.25, -0.2) is 4.39 Å². The normalized spacial score (nSPS) is 15.5. The zero-order valence-corrected chi connectivity index (χ0v) is 17.6. The van der Waals surface area contributed by atoms with Gasteiger partial charge in [-0.15, -0.1) is 0 Å². The fourth-order valence-electron chi connectivity index (χ4n) is 3.71. The minimum atomic E-state index is -1.01. The summed E-state index contributed by atoms with van der Waals surface area (Å²) in [6, 6.07) is 3.88. The van der Waals surface area contributed by atoms with Crippen molar-refractivity contribution in [1.82, 2.24) is 16.0 Å². The van der Waals surface area contributed by atoms with E-state index in [0.717, 1.165) is 25.7 Å². The van der Waals surface area contributed by atoms with Crippen molar-refractivity contribution < 1.29 is 23.6 Å². The Morgan fingerprint density at radius 1 is 1.10 bits per heavy atom. The highest BCUT2D eigenvalue weighted by molar-refractivity contribution is 6.26. The lowest BCUT2D eigenvalue weighted by molar-refractivity contribution is -0.133. The van der Waals surface area contributed by atoms with E-state index in [0.29, 0.717) is 11.8 Å². The van der Waals surface area contributed by atoms with Crippen molar-refractivity contribution in [3.63, 3.8) is 0 Å². The first-order valence-corrected chi connectivity index (χ1v) is 10.4. The Balaban J connectivity index is 2.06. The van der Waals surface area contributed by atoms with Crippen LogP contribution in [0.25, 0.3) is 0 Å². The molecule has 0 spiro atoms. The van der Waals surface area contributed by atoms with Gasteiger partial charge in [-0.3, -0.25) is 19.2 Å². The number of amides is 3. The van der Waals surface area contributed by atoms with Crippen molar-refractivity contribution in [3.05, 3.63) is 35.6 Å². The van der Waals surface area contributed by atoms with Crippen LogP contribution in [0.1, 0.15) is 51.0 Å². The molecule has 0 heterocycles. The van der Waals surface area contributed by atoms with Crippen LogP contribution in [0.5, 0.6) is 0 Å². The Morgan fingerprint density at radius 2 is 1.74 bits per heavy atom. The predicted octanol–water partition coefficient (Wildman–Crippen LogP) is 1.62. The van der Waals surface area contributed by atoms with Crippen LogP contribution in [-0.4, -0.2) is 41.8 Å². The Bertz CT molecular complexity index is 806. The van der Waals surface area contributed by atoms with Crippen molar-refractivity contribution in [3.8, 4) is 0 Å². The molecule has 168 valence electrons. The average molecular weight is 432 g/mol. The van der Waals surface area contributed by atoms with Gasteiger partial charge in [0.25, 0.3) is 0 Å². The largest absolute Gasteiger partial charge is 0.350 e. The molecule has 1 saturated carbocycles. The fraction of sp³-hybridized carbons (Fsp3) is 0.500. The maximum absolute atomic E-state index is 13.0. The van der Waals surface area contributed by atoms with Gasteiger partial charge in [-0.1, -0.05) is 25.0 Å². The second-order valence-corrected chi connectivity index (χ2v) is 7.78. The van der Waals surface area contributed by atoms with Crippen molar-refractivity contribution in [2.45, 2.75) is 64.1 Å². The van der Waals surface area contributed by atoms with E-state index in [4.69, 9.17) is 5.41 Å². The Labute approximate surface area is 180 Å². The van der Waals surface area contributed by atoms with Crippen molar-refractivity contribution in [1.29, 1.82) is 5.41 Å². The zero-order valence-electron chi connectivity index (χ0n) is 17.6. The number of benzene rings is 1. The highest BCUT2D eigenvalue weighted by Gasteiger charge is 2.33. The summed E-state index contributed by atoms with van der Waals surface area (Å²) < 4.78 is 13.0. The van der Waals surface area contributed by atoms with E-state index in [1.807, 2.05) is 0 Å². The molecule has 0 unspecified atom stereocenters. The third kappa shape index (κ3) is 7.92. The molecule has 1 aliphatic rings. The standard InChI is InChI=1S/C22H29FN4O4/c1-14(28)26-20(16-4-2-3-5-16)22(31)27-19(11-10-18(29)12-24)21(30)25-13-15-6-8-17(23)9-7-15/h6-9,12,16,19-20,24H,2-5,10-11,13H2,1H3,(H,25,30)(H,26,28)(H,27,31)/t19-,20-/m0/s1. The molecule has 31 heavy (non-hydrogen) atoms. The molecule has 0 bridgehead atoms. The second kappa shape index (κ2) is 11.9. The first-order valence-electron chi connectivity index (χ1n) is 10.4. The van der Waals surface area contributed by atoms with E-state index in [9.17, 15) is 23.6 Å². The quantitative estimate of drug-likeness (QED) is 0.396. The van der Waals surface area contributed by atoms with E-state index >= 15 is 0 Å². The lowest BCUT2D eigenvalue weighted by Gasteiger charge is -2.26. The molecular weight excluding hydrogens is 403 g/mol. The number of carbonyl (C=O) groups excluding carboxylic acids is 4. The monoisotopic (exact) mass is 432 g/mol. The van der Waals surface area contributed by atoms with Crippen molar-refractivity contribution in [2.24, 2.45) is 5.92 Å². The van der Waals surface area contributed by atoms with Gasteiger partial charge in [0.2, 0.25) is 17.7 Å². The lowest BCUT2D eigenvalue weighted by atomic mass is 9.96. The highest BCUT2D eigenvalue weighted by Crippen LogP contribution is 2.28. The molecule has 0 aromatic heterocycles. The third-order valence-corrected chi connectivity index (χ3v) is 5.37. The van der Waals surface area contributed by atoms with Crippen LogP contribution in [0.3, 0.4) is 0 Å². The summed E-state index contributed by atoms with van der Waals surface area (Å²) in [5.41, 5.74) is 0.678. The Hall–Kier alpha value is -3.10. The molecule has 1 aliphatic carbocycles. The van der Waals surface area contributed by atoms with Crippen LogP contribution < -0.4 is 16.0 Å². The van der Waals surface area contributed by atoms with Crippen LogP contribution in [-0.2, 0) is 25.7 Å². The lowest BCUT2D eigenvalue weighted by Crippen LogP contribution is -2.55. The van der Waals surface area contributed by atoms with E-state index in [2.05, 4.69) is 16.0 Å². The van der Waals surface area contributed by atoms with E-state index < -0.39 is 29.7 Å². The molecule has 2 atom stereocenters. The predicted molar refractivity (Wildman–Crippen MR) is 113 cm³/mol. The van der Waals surface area contributed by atoms with Gasteiger partial charge in [0.1, 0.15) is 17.9 Å². The first kappa shape index (κ1) is 24.2. The minimum Gasteiger partial charge on any atom is -0.350 e. The summed E-state index contributed by atoms with van der Waals surface area (Å²) >= 11 is 0. The number of halogens is 1. The minimum absolute atomic E-state index is 0.00460. The number of nitrogens with one attached hydrogen (secondary N) is 4. The van der Waals surface area contributed by atoms with Crippen LogP contribution in [0.15, 0.2) is 24.3 Å². The zero-order chi connectivity index (χ0) is 22.8. The van der Waals surface area contributed by atoms with Gasteiger partial charge in [-0.05, 0) is 42.9 Å². The summed E-state index contributed by atoms with van der Waals surface area (Å²) in [6.07, 6.45) is 4.19. The topological polar surface area (TPSA) is 128 Å². The Kier molecular flexibility index (Phi) is 9.30. The average Bonchev–Trinajstić information content (AvgIpc) is 3.28. The smallest absolute Gasteiger partial charge is 0.243 e. The second-order valence-electron chi connectivity index (χ2n) is 7.78. The molecule has 1 fully saturated rings. The summed E-state index contributed by atoms with van der Waals surface area (Å²) in [5, 5.41) is 15.1. The maximum Gasteiger partial charge on any atom is 0.243 e. The van der Waals surface area contributed by atoms with Crippen LogP contribution in [0.2, 0.25) is 0 Å². The molecule has 0 radical (unpaired) electrons. The molecule has 4 N–H and O–H groups in total.